The molecule has 1 nitrogen and oxygen atoms in total. The molecule has 16 heavy (non-hydrogen) atoms. The van der Waals surface area contributed by atoms with E-state index in [1.54, 1.807) is 0 Å². The summed E-state index contributed by atoms with van der Waals surface area (Å²) >= 11 is 1.92. The lowest BCUT2D eigenvalue weighted by atomic mass is 9.92. The largest absolute Gasteiger partial charge is 0.298 e. The van der Waals surface area contributed by atoms with E-state index in [1.165, 1.54) is 57.1 Å². The molecule has 0 bridgehead atoms. The SMILES string of the molecule is O=C(CC1CCCCCC1)C1CCCCS1. The van der Waals surface area contributed by atoms with Gasteiger partial charge in [0.05, 0.1) is 5.25 Å². The number of carbonyl (C=O) groups is 1. The zero-order valence-electron chi connectivity index (χ0n) is 10.2. The summed E-state index contributed by atoms with van der Waals surface area (Å²) in [7, 11) is 0. The predicted octanol–water partition coefficient (Wildman–Crippen LogP) is 4.20. The quantitative estimate of drug-likeness (QED) is 0.688. The highest BCUT2D eigenvalue weighted by molar-refractivity contribution is 8.00. The smallest absolute Gasteiger partial charge is 0.146 e. The molecule has 2 aliphatic rings. The van der Waals surface area contributed by atoms with Gasteiger partial charge in [-0.2, -0.15) is 11.8 Å². The van der Waals surface area contributed by atoms with Crippen molar-refractivity contribution >= 4 is 17.5 Å². The molecule has 2 heteroatoms. The molecule has 0 amide bonds. The fraction of sp³-hybridized carbons (Fsp3) is 0.929. The van der Waals surface area contributed by atoms with E-state index in [-0.39, 0.29) is 0 Å². The Labute approximate surface area is 104 Å². The monoisotopic (exact) mass is 240 g/mol. The average Bonchev–Trinajstić information content (AvgIpc) is 2.59. The molecule has 1 aliphatic heterocycles. The van der Waals surface area contributed by atoms with Crippen LogP contribution in [0.5, 0.6) is 0 Å². The van der Waals surface area contributed by atoms with Crippen molar-refractivity contribution in [3.05, 3.63) is 0 Å². The third-order valence-electron chi connectivity index (χ3n) is 4.00. The topological polar surface area (TPSA) is 17.1 Å². The number of hydrogen-bond acceptors (Lipinski definition) is 2. The molecule has 0 aromatic rings. The first-order valence-electron chi connectivity index (χ1n) is 7.00. The number of carbonyl (C=O) groups excluding carboxylic acids is 1. The Morgan fingerprint density at radius 1 is 0.938 bits per heavy atom. The van der Waals surface area contributed by atoms with Gasteiger partial charge in [-0.25, -0.2) is 0 Å². The first kappa shape index (κ1) is 12.5. The molecule has 2 fully saturated rings. The van der Waals surface area contributed by atoms with E-state index in [1.807, 2.05) is 11.8 Å². The van der Waals surface area contributed by atoms with E-state index in [0.29, 0.717) is 11.0 Å². The van der Waals surface area contributed by atoms with Crippen LogP contribution in [0.25, 0.3) is 0 Å². The zero-order valence-corrected chi connectivity index (χ0v) is 11.1. The second-order valence-electron chi connectivity index (χ2n) is 5.38. The van der Waals surface area contributed by atoms with Crippen LogP contribution in [0, 0.1) is 5.92 Å². The summed E-state index contributed by atoms with van der Waals surface area (Å²) < 4.78 is 0. The second-order valence-corrected chi connectivity index (χ2v) is 6.69. The maximum absolute atomic E-state index is 12.2. The van der Waals surface area contributed by atoms with Crippen LogP contribution >= 0.6 is 11.8 Å². The van der Waals surface area contributed by atoms with Crippen LogP contribution in [0.15, 0.2) is 0 Å². The minimum absolute atomic E-state index is 0.358. The fourth-order valence-corrected chi connectivity index (χ4v) is 4.25. The number of rotatable bonds is 3. The molecule has 92 valence electrons. The zero-order chi connectivity index (χ0) is 11.2. The molecule has 0 N–H and O–H groups in total. The van der Waals surface area contributed by atoms with E-state index in [4.69, 9.17) is 0 Å². The molecule has 1 aliphatic carbocycles. The Bertz CT molecular complexity index is 213. The Kier molecular flexibility index (Phi) is 5.21. The number of Topliss-reactive ketones (excluding diaryl/α,β-unsaturated/α-hetero) is 1. The third-order valence-corrected chi connectivity index (χ3v) is 5.43. The van der Waals surface area contributed by atoms with Crippen LogP contribution < -0.4 is 0 Å². The average molecular weight is 240 g/mol. The Balaban J connectivity index is 1.76. The summed E-state index contributed by atoms with van der Waals surface area (Å²) in [5.41, 5.74) is 0. The van der Waals surface area contributed by atoms with Gasteiger partial charge in [0, 0.05) is 6.42 Å². The molecule has 1 heterocycles. The van der Waals surface area contributed by atoms with Crippen molar-refractivity contribution in [2.24, 2.45) is 5.92 Å². The highest BCUT2D eigenvalue weighted by atomic mass is 32.2. The summed E-state index contributed by atoms with van der Waals surface area (Å²) in [5, 5.41) is 0.358. The van der Waals surface area contributed by atoms with Crippen LogP contribution in [0.3, 0.4) is 0 Å². The fourth-order valence-electron chi connectivity index (χ4n) is 2.98. The standard InChI is InChI=1S/C14H24OS/c15-13(14-9-5-6-10-16-14)11-12-7-3-1-2-4-8-12/h12,14H,1-11H2. The highest BCUT2D eigenvalue weighted by Gasteiger charge is 2.24. The van der Waals surface area contributed by atoms with E-state index in [0.717, 1.165) is 18.8 Å². The van der Waals surface area contributed by atoms with Crippen molar-refractivity contribution in [3.8, 4) is 0 Å². The van der Waals surface area contributed by atoms with Crippen molar-refractivity contribution < 1.29 is 4.79 Å². The minimum Gasteiger partial charge on any atom is -0.298 e. The van der Waals surface area contributed by atoms with Crippen molar-refractivity contribution in [2.45, 2.75) is 69.5 Å². The third kappa shape index (κ3) is 3.80. The Morgan fingerprint density at radius 3 is 2.25 bits per heavy atom. The van der Waals surface area contributed by atoms with Crippen LogP contribution in [0.4, 0.5) is 0 Å². The lowest BCUT2D eigenvalue weighted by Crippen LogP contribution is -2.23. The maximum atomic E-state index is 12.2. The Morgan fingerprint density at radius 2 is 1.62 bits per heavy atom. The minimum atomic E-state index is 0.358. The number of thioether (sulfide) groups is 1. The van der Waals surface area contributed by atoms with Gasteiger partial charge in [0.15, 0.2) is 0 Å². The van der Waals surface area contributed by atoms with Crippen molar-refractivity contribution in [2.75, 3.05) is 5.75 Å². The van der Waals surface area contributed by atoms with Gasteiger partial charge in [-0.15, -0.1) is 0 Å². The van der Waals surface area contributed by atoms with Crippen molar-refractivity contribution in [1.29, 1.82) is 0 Å². The first-order chi connectivity index (χ1) is 7.86. The summed E-state index contributed by atoms with van der Waals surface area (Å²) in [6.07, 6.45) is 12.7. The highest BCUT2D eigenvalue weighted by Crippen LogP contribution is 2.31. The molecule has 2 rings (SSSR count). The molecule has 0 spiro atoms. The molecule has 1 saturated carbocycles. The van der Waals surface area contributed by atoms with Gasteiger partial charge < -0.3 is 0 Å². The maximum Gasteiger partial charge on any atom is 0.146 e. The van der Waals surface area contributed by atoms with Crippen LogP contribution in [0.1, 0.15) is 64.2 Å². The normalized spacial score (nSPS) is 28.6. The second kappa shape index (κ2) is 6.68. The molecule has 0 radical (unpaired) electrons. The van der Waals surface area contributed by atoms with Crippen LogP contribution in [0.2, 0.25) is 0 Å². The van der Waals surface area contributed by atoms with Crippen molar-refractivity contribution in [3.63, 3.8) is 0 Å². The molecular weight excluding hydrogens is 216 g/mol. The van der Waals surface area contributed by atoms with E-state index in [9.17, 15) is 4.79 Å². The van der Waals surface area contributed by atoms with Gasteiger partial charge >= 0.3 is 0 Å². The molecule has 1 saturated heterocycles. The van der Waals surface area contributed by atoms with E-state index >= 15 is 0 Å². The molecule has 1 atom stereocenters. The lowest BCUT2D eigenvalue weighted by Gasteiger charge is -2.22. The van der Waals surface area contributed by atoms with Gasteiger partial charge in [-0.1, -0.05) is 44.9 Å². The van der Waals surface area contributed by atoms with Crippen LogP contribution in [-0.4, -0.2) is 16.8 Å². The van der Waals surface area contributed by atoms with Crippen molar-refractivity contribution in [1.82, 2.24) is 0 Å². The number of hydrogen-bond donors (Lipinski definition) is 0. The summed E-state index contributed by atoms with van der Waals surface area (Å²) in [6.45, 7) is 0. The van der Waals surface area contributed by atoms with E-state index < -0.39 is 0 Å². The summed E-state index contributed by atoms with van der Waals surface area (Å²) in [6, 6.07) is 0. The molecule has 0 aromatic heterocycles. The van der Waals surface area contributed by atoms with Gasteiger partial charge in [0.1, 0.15) is 5.78 Å². The predicted molar refractivity (Wildman–Crippen MR) is 70.9 cm³/mol. The Hall–Kier alpha value is 0.0200. The first-order valence-corrected chi connectivity index (χ1v) is 8.05. The molecular formula is C14H24OS. The molecule has 1 unspecified atom stereocenters. The summed E-state index contributed by atoms with van der Waals surface area (Å²) in [4.78, 5) is 12.2. The summed E-state index contributed by atoms with van der Waals surface area (Å²) in [5.74, 6) is 2.50. The van der Waals surface area contributed by atoms with Crippen LogP contribution in [-0.2, 0) is 4.79 Å². The lowest BCUT2D eigenvalue weighted by molar-refractivity contribution is -0.119. The molecule has 0 aromatic carbocycles. The van der Waals surface area contributed by atoms with Gasteiger partial charge in [-0.05, 0) is 24.5 Å². The van der Waals surface area contributed by atoms with Gasteiger partial charge in [0.2, 0.25) is 0 Å². The van der Waals surface area contributed by atoms with Gasteiger partial charge in [-0.3, -0.25) is 4.79 Å². The number of ketones is 1. The van der Waals surface area contributed by atoms with E-state index in [2.05, 4.69) is 0 Å². The van der Waals surface area contributed by atoms with Gasteiger partial charge in [0.25, 0.3) is 0 Å².